The number of nitrogens with one attached hydrogen (secondary N) is 1. The molecular formula is C17H22N2O3. The van der Waals surface area contributed by atoms with Crippen molar-refractivity contribution in [1.29, 1.82) is 0 Å². The SMILES string of the molecule is COc1cc(OC)cc(C(=O)NCc2cc(C)n(C)c2C)c1. The van der Waals surface area contributed by atoms with Crippen LogP contribution < -0.4 is 14.8 Å². The molecule has 1 N–H and O–H groups in total. The monoisotopic (exact) mass is 302 g/mol. The molecule has 22 heavy (non-hydrogen) atoms. The highest BCUT2D eigenvalue weighted by atomic mass is 16.5. The molecule has 2 rings (SSSR count). The zero-order valence-electron chi connectivity index (χ0n) is 13.7. The summed E-state index contributed by atoms with van der Waals surface area (Å²) in [5.41, 5.74) is 3.95. The quantitative estimate of drug-likeness (QED) is 0.923. The molecule has 0 radical (unpaired) electrons. The summed E-state index contributed by atoms with van der Waals surface area (Å²) in [6.07, 6.45) is 0. The molecule has 1 amide bonds. The molecular weight excluding hydrogens is 280 g/mol. The second kappa shape index (κ2) is 6.56. The first-order valence-electron chi connectivity index (χ1n) is 7.09. The Morgan fingerprint density at radius 1 is 1.09 bits per heavy atom. The molecule has 0 aliphatic carbocycles. The third kappa shape index (κ3) is 3.24. The van der Waals surface area contributed by atoms with Crippen LogP contribution in [-0.2, 0) is 13.6 Å². The molecule has 118 valence electrons. The van der Waals surface area contributed by atoms with Crippen molar-refractivity contribution >= 4 is 5.91 Å². The molecule has 0 fully saturated rings. The van der Waals surface area contributed by atoms with E-state index in [1.807, 2.05) is 20.9 Å². The van der Waals surface area contributed by atoms with Gasteiger partial charge in [0, 0.05) is 36.6 Å². The molecule has 5 nitrogen and oxygen atoms in total. The van der Waals surface area contributed by atoms with Gasteiger partial charge in [0.2, 0.25) is 0 Å². The highest BCUT2D eigenvalue weighted by Crippen LogP contribution is 2.22. The van der Waals surface area contributed by atoms with E-state index in [1.165, 1.54) is 5.69 Å². The van der Waals surface area contributed by atoms with Gasteiger partial charge in [0.15, 0.2) is 0 Å². The second-order valence-electron chi connectivity index (χ2n) is 5.24. The predicted octanol–water partition coefficient (Wildman–Crippen LogP) is 2.59. The van der Waals surface area contributed by atoms with E-state index in [4.69, 9.17) is 9.47 Å². The van der Waals surface area contributed by atoms with E-state index in [0.717, 1.165) is 11.3 Å². The van der Waals surface area contributed by atoms with E-state index >= 15 is 0 Å². The van der Waals surface area contributed by atoms with E-state index in [0.29, 0.717) is 23.6 Å². The molecule has 0 saturated heterocycles. The van der Waals surface area contributed by atoms with Gasteiger partial charge in [-0.3, -0.25) is 4.79 Å². The van der Waals surface area contributed by atoms with Crippen LogP contribution in [-0.4, -0.2) is 24.7 Å². The van der Waals surface area contributed by atoms with Gasteiger partial charge in [-0.15, -0.1) is 0 Å². The Labute approximate surface area is 130 Å². The van der Waals surface area contributed by atoms with Crippen LogP contribution in [0.1, 0.15) is 27.3 Å². The predicted molar refractivity (Wildman–Crippen MR) is 85.6 cm³/mol. The lowest BCUT2D eigenvalue weighted by Crippen LogP contribution is -2.23. The van der Waals surface area contributed by atoms with Crippen LogP contribution in [0.5, 0.6) is 11.5 Å². The van der Waals surface area contributed by atoms with Gasteiger partial charge in [-0.05, 0) is 37.6 Å². The number of nitrogens with zero attached hydrogens (tertiary/aromatic N) is 1. The molecule has 0 aliphatic rings. The van der Waals surface area contributed by atoms with Crippen LogP contribution in [0.3, 0.4) is 0 Å². The molecule has 5 heteroatoms. The van der Waals surface area contributed by atoms with Crippen molar-refractivity contribution in [1.82, 2.24) is 9.88 Å². The van der Waals surface area contributed by atoms with Crippen LogP contribution in [0.2, 0.25) is 0 Å². The van der Waals surface area contributed by atoms with Gasteiger partial charge in [0.05, 0.1) is 14.2 Å². The Balaban J connectivity index is 2.13. The van der Waals surface area contributed by atoms with Crippen molar-refractivity contribution in [3.8, 4) is 11.5 Å². The van der Waals surface area contributed by atoms with Crippen LogP contribution >= 0.6 is 0 Å². The summed E-state index contributed by atoms with van der Waals surface area (Å²) in [5, 5.41) is 2.94. The zero-order chi connectivity index (χ0) is 16.3. The number of hydrogen-bond acceptors (Lipinski definition) is 3. The first kappa shape index (κ1) is 15.9. The average Bonchev–Trinajstić information content (AvgIpc) is 2.78. The minimum absolute atomic E-state index is 0.155. The van der Waals surface area contributed by atoms with E-state index in [2.05, 4.69) is 16.0 Å². The summed E-state index contributed by atoms with van der Waals surface area (Å²) in [6.45, 7) is 4.58. The topological polar surface area (TPSA) is 52.5 Å². The fraction of sp³-hybridized carbons (Fsp3) is 0.353. The minimum Gasteiger partial charge on any atom is -0.497 e. The number of benzene rings is 1. The molecule has 0 saturated carbocycles. The molecule has 0 spiro atoms. The number of carbonyl (C=O) groups excluding carboxylic acids is 1. The fourth-order valence-corrected chi connectivity index (χ4v) is 2.33. The Bertz CT molecular complexity index is 667. The largest absolute Gasteiger partial charge is 0.497 e. The van der Waals surface area contributed by atoms with Crippen LogP contribution in [0.4, 0.5) is 0 Å². The summed E-state index contributed by atoms with van der Waals surface area (Å²) < 4.78 is 12.5. The molecule has 1 aromatic carbocycles. The summed E-state index contributed by atoms with van der Waals surface area (Å²) in [4.78, 5) is 12.3. The second-order valence-corrected chi connectivity index (χ2v) is 5.24. The summed E-state index contributed by atoms with van der Waals surface area (Å²) in [6, 6.07) is 7.21. The number of carbonyl (C=O) groups is 1. The fourth-order valence-electron chi connectivity index (χ4n) is 2.33. The molecule has 0 atom stereocenters. The third-order valence-corrected chi connectivity index (χ3v) is 3.93. The van der Waals surface area contributed by atoms with Gasteiger partial charge in [0.25, 0.3) is 5.91 Å². The smallest absolute Gasteiger partial charge is 0.251 e. The first-order valence-corrected chi connectivity index (χ1v) is 7.09. The van der Waals surface area contributed by atoms with Crippen molar-refractivity contribution in [3.05, 3.63) is 46.8 Å². The summed E-state index contributed by atoms with van der Waals surface area (Å²) >= 11 is 0. The molecule has 2 aromatic rings. The molecule has 1 aromatic heterocycles. The van der Waals surface area contributed by atoms with Crippen molar-refractivity contribution in [2.24, 2.45) is 7.05 Å². The standard InChI is InChI=1S/C17H22N2O3/c1-11-6-14(12(2)19(11)3)10-18-17(20)13-7-15(21-4)9-16(8-13)22-5/h6-9H,10H2,1-5H3,(H,18,20). The van der Waals surface area contributed by atoms with Crippen molar-refractivity contribution in [3.63, 3.8) is 0 Å². The summed E-state index contributed by atoms with van der Waals surface area (Å²) in [5.74, 6) is 1.03. The Morgan fingerprint density at radius 2 is 1.68 bits per heavy atom. The maximum absolute atomic E-state index is 12.3. The third-order valence-electron chi connectivity index (χ3n) is 3.93. The van der Waals surface area contributed by atoms with Gasteiger partial charge in [0.1, 0.15) is 11.5 Å². The van der Waals surface area contributed by atoms with Crippen LogP contribution in [0, 0.1) is 13.8 Å². The maximum Gasteiger partial charge on any atom is 0.251 e. The van der Waals surface area contributed by atoms with Gasteiger partial charge >= 0.3 is 0 Å². The number of hydrogen-bond donors (Lipinski definition) is 1. The Hall–Kier alpha value is -2.43. The molecule has 0 bridgehead atoms. The molecule has 1 heterocycles. The lowest BCUT2D eigenvalue weighted by Gasteiger charge is -2.09. The van der Waals surface area contributed by atoms with E-state index in [1.54, 1.807) is 32.4 Å². The lowest BCUT2D eigenvalue weighted by atomic mass is 10.1. The van der Waals surface area contributed by atoms with Crippen molar-refractivity contribution < 1.29 is 14.3 Å². The van der Waals surface area contributed by atoms with Crippen molar-refractivity contribution in [2.75, 3.05) is 14.2 Å². The maximum atomic E-state index is 12.3. The van der Waals surface area contributed by atoms with E-state index in [-0.39, 0.29) is 5.91 Å². The normalized spacial score (nSPS) is 10.4. The van der Waals surface area contributed by atoms with Gasteiger partial charge in [-0.2, -0.15) is 0 Å². The van der Waals surface area contributed by atoms with E-state index in [9.17, 15) is 4.79 Å². The summed E-state index contributed by atoms with van der Waals surface area (Å²) in [7, 11) is 5.14. The highest BCUT2D eigenvalue weighted by molar-refractivity contribution is 5.95. The number of amides is 1. The lowest BCUT2D eigenvalue weighted by molar-refractivity contribution is 0.0950. The average molecular weight is 302 g/mol. The zero-order valence-corrected chi connectivity index (χ0v) is 13.7. The minimum atomic E-state index is -0.155. The van der Waals surface area contributed by atoms with Crippen LogP contribution in [0.25, 0.3) is 0 Å². The van der Waals surface area contributed by atoms with Gasteiger partial charge in [-0.1, -0.05) is 0 Å². The first-order chi connectivity index (χ1) is 10.5. The highest BCUT2D eigenvalue weighted by Gasteiger charge is 2.11. The Kier molecular flexibility index (Phi) is 4.75. The number of ether oxygens (including phenoxy) is 2. The number of methoxy groups -OCH3 is 2. The van der Waals surface area contributed by atoms with Gasteiger partial charge in [-0.25, -0.2) is 0 Å². The number of aryl methyl sites for hydroxylation is 1. The van der Waals surface area contributed by atoms with Gasteiger partial charge < -0.3 is 19.4 Å². The van der Waals surface area contributed by atoms with Crippen molar-refractivity contribution in [2.45, 2.75) is 20.4 Å². The number of aromatic nitrogens is 1. The molecule has 0 aliphatic heterocycles. The van der Waals surface area contributed by atoms with Crippen LogP contribution in [0.15, 0.2) is 24.3 Å². The van der Waals surface area contributed by atoms with E-state index < -0.39 is 0 Å². The number of rotatable bonds is 5. The Morgan fingerprint density at radius 3 is 2.14 bits per heavy atom. The molecule has 0 unspecified atom stereocenters.